The number of nitrogens with zero attached hydrogens (tertiary/aromatic N) is 1. The summed E-state index contributed by atoms with van der Waals surface area (Å²) in [4.78, 5) is 22.7. The van der Waals surface area contributed by atoms with E-state index in [0.717, 1.165) is 12.8 Å². The van der Waals surface area contributed by atoms with E-state index < -0.39 is 5.97 Å². The number of hydrogen-bond donors (Lipinski definition) is 2. The third-order valence-electron chi connectivity index (χ3n) is 3.33. The molecule has 1 saturated carbocycles. The fourth-order valence-electron chi connectivity index (χ4n) is 2.26. The van der Waals surface area contributed by atoms with Crippen molar-refractivity contribution in [1.29, 1.82) is 0 Å². The van der Waals surface area contributed by atoms with Crippen LogP contribution in [0.5, 0.6) is 0 Å². The lowest BCUT2D eigenvalue weighted by Gasteiger charge is -2.11. The smallest absolute Gasteiger partial charge is 0.355 e. The highest BCUT2D eigenvalue weighted by molar-refractivity contribution is 6.36. The van der Waals surface area contributed by atoms with Crippen molar-refractivity contribution in [2.24, 2.45) is 5.16 Å². The SMILES string of the molecule is COC(=O)/C(CCCCC(=O)NC1CCCC1)=N/O. The van der Waals surface area contributed by atoms with E-state index in [4.69, 9.17) is 5.21 Å². The molecule has 19 heavy (non-hydrogen) atoms. The Labute approximate surface area is 113 Å². The van der Waals surface area contributed by atoms with E-state index in [0.29, 0.717) is 31.7 Å². The molecule has 1 amide bonds. The molecule has 1 aliphatic rings. The normalized spacial score (nSPS) is 16.4. The Bertz CT molecular complexity index is 336. The Morgan fingerprint density at radius 2 is 1.89 bits per heavy atom. The van der Waals surface area contributed by atoms with Crippen LogP contribution in [0.2, 0.25) is 0 Å². The van der Waals surface area contributed by atoms with Gasteiger partial charge in [-0.15, -0.1) is 0 Å². The molecule has 108 valence electrons. The molecule has 0 unspecified atom stereocenters. The van der Waals surface area contributed by atoms with Crippen molar-refractivity contribution < 1.29 is 19.5 Å². The predicted molar refractivity (Wildman–Crippen MR) is 70.1 cm³/mol. The first-order valence-electron chi connectivity index (χ1n) is 6.76. The maximum atomic E-state index is 11.6. The molecular formula is C13H22N2O4. The second-order valence-electron chi connectivity index (χ2n) is 4.79. The molecule has 2 N–H and O–H groups in total. The molecule has 6 heteroatoms. The Morgan fingerprint density at radius 1 is 1.26 bits per heavy atom. The number of unbranched alkanes of at least 4 members (excludes halogenated alkanes) is 1. The number of rotatable bonds is 7. The monoisotopic (exact) mass is 270 g/mol. The number of nitrogens with one attached hydrogen (secondary N) is 1. The number of ether oxygens (including phenoxy) is 1. The van der Waals surface area contributed by atoms with Crippen LogP contribution in [0.1, 0.15) is 51.4 Å². The van der Waals surface area contributed by atoms with Crippen LogP contribution in [0.15, 0.2) is 5.16 Å². The summed E-state index contributed by atoms with van der Waals surface area (Å²) in [5, 5.41) is 14.5. The number of carbonyl (C=O) groups is 2. The van der Waals surface area contributed by atoms with Crippen LogP contribution >= 0.6 is 0 Å². The lowest BCUT2D eigenvalue weighted by atomic mass is 10.1. The summed E-state index contributed by atoms with van der Waals surface area (Å²) in [5.41, 5.74) is -0.00120. The lowest BCUT2D eigenvalue weighted by molar-refractivity contribution is -0.133. The van der Waals surface area contributed by atoms with E-state index in [-0.39, 0.29) is 11.6 Å². The molecule has 0 heterocycles. The van der Waals surface area contributed by atoms with Gasteiger partial charge in [0.15, 0.2) is 5.71 Å². The topological polar surface area (TPSA) is 88.0 Å². The van der Waals surface area contributed by atoms with E-state index in [1.165, 1.54) is 20.0 Å². The van der Waals surface area contributed by atoms with Gasteiger partial charge in [-0.25, -0.2) is 4.79 Å². The van der Waals surface area contributed by atoms with Crippen LogP contribution in [0, 0.1) is 0 Å². The molecule has 0 aliphatic heterocycles. The van der Waals surface area contributed by atoms with Crippen LogP contribution in [0.25, 0.3) is 0 Å². The quantitative estimate of drug-likeness (QED) is 0.242. The Kier molecular flexibility index (Phi) is 6.92. The van der Waals surface area contributed by atoms with Gasteiger partial charge in [0.2, 0.25) is 5.91 Å². The fraction of sp³-hybridized carbons (Fsp3) is 0.769. The highest BCUT2D eigenvalue weighted by Gasteiger charge is 2.17. The summed E-state index contributed by atoms with van der Waals surface area (Å²) in [6.45, 7) is 0. The van der Waals surface area contributed by atoms with Crippen molar-refractivity contribution in [2.45, 2.75) is 57.4 Å². The van der Waals surface area contributed by atoms with E-state index in [9.17, 15) is 9.59 Å². The van der Waals surface area contributed by atoms with Gasteiger partial charge in [0.1, 0.15) is 0 Å². The van der Waals surface area contributed by atoms with Gasteiger partial charge < -0.3 is 15.3 Å². The van der Waals surface area contributed by atoms with Crippen LogP contribution in [0.4, 0.5) is 0 Å². The van der Waals surface area contributed by atoms with E-state index in [1.54, 1.807) is 0 Å². The van der Waals surface area contributed by atoms with E-state index >= 15 is 0 Å². The zero-order chi connectivity index (χ0) is 14.1. The molecule has 0 atom stereocenters. The Morgan fingerprint density at radius 3 is 2.47 bits per heavy atom. The Hall–Kier alpha value is -1.59. The molecular weight excluding hydrogens is 248 g/mol. The summed E-state index contributed by atoms with van der Waals surface area (Å²) in [5.74, 6) is -0.564. The summed E-state index contributed by atoms with van der Waals surface area (Å²) in [6, 6.07) is 0.345. The minimum Gasteiger partial charge on any atom is -0.464 e. The first-order valence-corrected chi connectivity index (χ1v) is 6.76. The van der Waals surface area contributed by atoms with Gasteiger partial charge >= 0.3 is 5.97 Å². The average molecular weight is 270 g/mol. The largest absolute Gasteiger partial charge is 0.464 e. The number of methoxy groups -OCH3 is 1. The summed E-state index contributed by atoms with van der Waals surface area (Å²) in [7, 11) is 1.24. The molecule has 1 aliphatic carbocycles. The zero-order valence-corrected chi connectivity index (χ0v) is 11.4. The molecule has 0 aromatic heterocycles. The van der Waals surface area contributed by atoms with Gasteiger partial charge in [0, 0.05) is 18.9 Å². The first kappa shape index (κ1) is 15.5. The standard InChI is InChI=1S/C13H22N2O4/c1-19-13(17)11(15-18)8-4-5-9-12(16)14-10-6-2-3-7-10/h10,18H,2-9H2,1H3,(H,14,16)/b15-11+. The minimum atomic E-state index is -0.627. The number of oxime groups is 1. The van der Waals surface area contributed by atoms with Gasteiger partial charge in [-0.05, 0) is 25.7 Å². The lowest BCUT2D eigenvalue weighted by Crippen LogP contribution is -2.32. The Balaban J connectivity index is 2.12. The molecule has 0 radical (unpaired) electrons. The second kappa shape index (κ2) is 8.50. The molecule has 0 spiro atoms. The maximum absolute atomic E-state index is 11.6. The van der Waals surface area contributed by atoms with Crippen LogP contribution in [0.3, 0.4) is 0 Å². The predicted octanol–water partition coefficient (Wildman–Crippen LogP) is 1.61. The van der Waals surface area contributed by atoms with Crippen LogP contribution in [-0.2, 0) is 14.3 Å². The van der Waals surface area contributed by atoms with Gasteiger partial charge in [-0.1, -0.05) is 18.0 Å². The molecule has 0 saturated heterocycles. The van der Waals surface area contributed by atoms with Gasteiger partial charge in [0.25, 0.3) is 0 Å². The fourth-order valence-corrected chi connectivity index (χ4v) is 2.26. The van der Waals surface area contributed by atoms with Gasteiger partial charge in [0.05, 0.1) is 7.11 Å². The van der Waals surface area contributed by atoms with Gasteiger partial charge in [-0.3, -0.25) is 4.79 Å². The second-order valence-corrected chi connectivity index (χ2v) is 4.79. The van der Waals surface area contributed by atoms with Crippen molar-refractivity contribution in [3.8, 4) is 0 Å². The number of amides is 1. The molecule has 1 rings (SSSR count). The van der Waals surface area contributed by atoms with Crippen molar-refractivity contribution in [3.63, 3.8) is 0 Å². The summed E-state index contributed by atoms with van der Waals surface area (Å²) in [6.07, 6.45) is 6.59. The average Bonchev–Trinajstić information content (AvgIpc) is 2.90. The molecule has 0 aromatic carbocycles. The first-order chi connectivity index (χ1) is 9.17. The van der Waals surface area contributed by atoms with E-state index in [2.05, 4.69) is 15.2 Å². The van der Waals surface area contributed by atoms with Crippen molar-refractivity contribution in [3.05, 3.63) is 0 Å². The van der Waals surface area contributed by atoms with Crippen molar-refractivity contribution >= 4 is 17.6 Å². The van der Waals surface area contributed by atoms with Crippen LogP contribution in [-0.4, -0.2) is 35.9 Å². The molecule has 0 bridgehead atoms. The molecule has 1 fully saturated rings. The highest BCUT2D eigenvalue weighted by Crippen LogP contribution is 2.17. The number of hydrogen-bond acceptors (Lipinski definition) is 5. The third-order valence-corrected chi connectivity index (χ3v) is 3.33. The van der Waals surface area contributed by atoms with Crippen molar-refractivity contribution in [2.75, 3.05) is 7.11 Å². The maximum Gasteiger partial charge on any atom is 0.355 e. The number of esters is 1. The van der Waals surface area contributed by atoms with Crippen LogP contribution < -0.4 is 5.32 Å². The molecule has 6 nitrogen and oxygen atoms in total. The van der Waals surface area contributed by atoms with Gasteiger partial charge in [-0.2, -0.15) is 0 Å². The third kappa shape index (κ3) is 5.72. The highest BCUT2D eigenvalue weighted by atomic mass is 16.5. The summed E-state index contributed by atoms with van der Waals surface area (Å²) >= 11 is 0. The summed E-state index contributed by atoms with van der Waals surface area (Å²) < 4.78 is 4.46. The van der Waals surface area contributed by atoms with Crippen molar-refractivity contribution in [1.82, 2.24) is 5.32 Å². The zero-order valence-electron chi connectivity index (χ0n) is 11.4. The minimum absolute atomic E-state index is 0.00120. The molecule has 0 aromatic rings. The number of carbonyl (C=O) groups excluding carboxylic acids is 2. The van der Waals surface area contributed by atoms with E-state index in [1.807, 2.05) is 0 Å².